The van der Waals surface area contributed by atoms with Crippen LogP contribution in [0.4, 0.5) is 4.39 Å². The Morgan fingerprint density at radius 3 is 2.71 bits per heavy atom. The smallest absolute Gasteiger partial charge is 0.340 e. The van der Waals surface area contributed by atoms with Gasteiger partial charge in [0.25, 0.3) is 5.91 Å². The number of fused-ring (bicyclic) bond motifs is 1. The molecule has 1 amide bonds. The molecule has 0 unspecified atom stereocenters. The van der Waals surface area contributed by atoms with Gasteiger partial charge in [-0.2, -0.15) is 5.10 Å². The third kappa shape index (κ3) is 4.16. The van der Waals surface area contributed by atoms with Gasteiger partial charge in [-0.3, -0.25) is 4.79 Å². The third-order valence-corrected chi connectivity index (χ3v) is 4.28. The summed E-state index contributed by atoms with van der Waals surface area (Å²) in [6.45, 7) is 3.62. The summed E-state index contributed by atoms with van der Waals surface area (Å²) in [5.41, 5.74) is 1.30. The van der Waals surface area contributed by atoms with Gasteiger partial charge >= 0.3 is 5.97 Å². The Labute approximate surface area is 161 Å². The number of esters is 1. The van der Waals surface area contributed by atoms with Gasteiger partial charge in [-0.05, 0) is 26.0 Å². The zero-order chi connectivity index (χ0) is 20.3. The summed E-state index contributed by atoms with van der Waals surface area (Å²) in [6.07, 6.45) is 3.03. The average molecular weight is 384 g/mol. The molecule has 1 aromatic carbocycles. The van der Waals surface area contributed by atoms with Crippen molar-refractivity contribution in [2.75, 3.05) is 13.7 Å². The highest BCUT2D eigenvalue weighted by atomic mass is 19.1. The number of pyridine rings is 1. The number of benzene rings is 1. The molecule has 0 spiro atoms. The van der Waals surface area contributed by atoms with Crippen LogP contribution >= 0.6 is 0 Å². The number of aromatic nitrogens is 3. The van der Waals surface area contributed by atoms with E-state index in [9.17, 15) is 14.0 Å². The van der Waals surface area contributed by atoms with E-state index in [0.29, 0.717) is 16.6 Å². The van der Waals surface area contributed by atoms with E-state index in [1.54, 1.807) is 35.1 Å². The highest BCUT2D eigenvalue weighted by Crippen LogP contribution is 2.17. The van der Waals surface area contributed by atoms with Crippen molar-refractivity contribution in [3.05, 3.63) is 59.7 Å². The minimum absolute atomic E-state index is 0.0883. The molecule has 8 heteroatoms. The Balaban J connectivity index is 1.61. The number of hydrogen-bond acceptors (Lipinski definition) is 5. The van der Waals surface area contributed by atoms with Gasteiger partial charge in [0, 0.05) is 36.8 Å². The molecule has 0 N–H and O–H groups in total. The van der Waals surface area contributed by atoms with Crippen LogP contribution in [0, 0.1) is 5.82 Å². The second kappa shape index (κ2) is 8.16. The van der Waals surface area contributed by atoms with Gasteiger partial charge in [0.2, 0.25) is 0 Å². The quantitative estimate of drug-likeness (QED) is 0.611. The van der Waals surface area contributed by atoms with Crippen molar-refractivity contribution in [2.24, 2.45) is 0 Å². The molecule has 0 aliphatic rings. The lowest BCUT2D eigenvalue weighted by molar-refractivity contribution is -0.133. The molecular weight excluding hydrogens is 363 g/mol. The number of ether oxygens (including phenoxy) is 1. The first-order valence-corrected chi connectivity index (χ1v) is 8.84. The van der Waals surface area contributed by atoms with Crippen LogP contribution in [0.1, 0.15) is 35.8 Å². The van der Waals surface area contributed by atoms with Crippen molar-refractivity contribution in [1.29, 1.82) is 0 Å². The summed E-state index contributed by atoms with van der Waals surface area (Å²) < 4.78 is 20.5. The second-order valence-electron chi connectivity index (χ2n) is 6.74. The summed E-state index contributed by atoms with van der Waals surface area (Å²) >= 11 is 0. The maximum absolute atomic E-state index is 13.7. The van der Waals surface area contributed by atoms with Gasteiger partial charge in [0.15, 0.2) is 12.3 Å². The number of halogens is 1. The van der Waals surface area contributed by atoms with Gasteiger partial charge in [-0.15, -0.1) is 0 Å². The largest absolute Gasteiger partial charge is 0.452 e. The van der Waals surface area contributed by atoms with E-state index in [1.807, 2.05) is 13.8 Å². The number of rotatable bonds is 6. The molecule has 0 atom stereocenters. The van der Waals surface area contributed by atoms with E-state index in [0.717, 1.165) is 0 Å². The van der Waals surface area contributed by atoms with Gasteiger partial charge in [-0.1, -0.05) is 18.2 Å². The number of carbonyl (C=O) groups excluding carboxylic acids is 2. The standard InChI is InChI=1S/C20H21FN4O3/c1-13(2)25-19-15(10-23-25)8-16(9-22-19)20(27)28-12-18(26)24(3)11-14-6-4-5-7-17(14)21/h4-10,13H,11-12H2,1-3H3. The van der Waals surface area contributed by atoms with Gasteiger partial charge in [0.05, 0.1) is 11.8 Å². The highest BCUT2D eigenvalue weighted by Gasteiger charge is 2.17. The summed E-state index contributed by atoms with van der Waals surface area (Å²) in [5.74, 6) is -1.47. The van der Waals surface area contributed by atoms with Crippen LogP contribution in [0.3, 0.4) is 0 Å². The fourth-order valence-electron chi connectivity index (χ4n) is 2.72. The molecule has 7 nitrogen and oxygen atoms in total. The Kier molecular flexibility index (Phi) is 5.67. The number of carbonyl (C=O) groups is 2. The molecule has 146 valence electrons. The van der Waals surface area contributed by atoms with Gasteiger partial charge in [-0.25, -0.2) is 18.9 Å². The zero-order valence-corrected chi connectivity index (χ0v) is 15.9. The second-order valence-corrected chi connectivity index (χ2v) is 6.74. The monoisotopic (exact) mass is 384 g/mol. The first-order chi connectivity index (χ1) is 13.4. The molecule has 3 rings (SSSR count). The first kappa shape index (κ1) is 19.5. The average Bonchev–Trinajstić information content (AvgIpc) is 3.11. The Bertz CT molecular complexity index is 1020. The summed E-state index contributed by atoms with van der Waals surface area (Å²) in [7, 11) is 1.52. The Hall–Kier alpha value is -3.29. The van der Waals surface area contributed by atoms with Crippen LogP contribution in [-0.4, -0.2) is 45.2 Å². The predicted molar refractivity (Wildman–Crippen MR) is 101 cm³/mol. The molecular formula is C20H21FN4O3. The van der Waals surface area contributed by atoms with Gasteiger partial charge < -0.3 is 9.64 Å². The minimum Gasteiger partial charge on any atom is -0.452 e. The lowest BCUT2D eigenvalue weighted by atomic mass is 10.2. The first-order valence-electron chi connectivity index (χ1n) is 8.84. The van der Waals surface area contributed by atoms with Gasteiger partial charge in [0.1, 0.15) is 5.82 Å². The van der Waals surface area contributed by atoms with E-state index in [1.165, 1.54) is 24.2 Å². The minimum atomic E-state index is -0.653. The lowest BCUT2D eigenvalue weighted by Crippen LogP contribution is -2.31. The fraction of sp³-hybridized carbons (Fsp3) is 0.300. The maximum atomic E-state index is 13.7. The van der Waals surface area contributed by atoms with E-state index < -0.39 is 18.5 Å². The summed E-state index contributed by atoms with van der Waals surface area (Å²) in [6, 6.07) is 7.98. The number of amides is 1. The molecule has 2 heterocycles. The van der Waals surface area contributed by atoms with Crippen LogP contribution in [-0.2, 0) is 16.1 Å². The molecule has 0 fully saturated rings. The summed E-state index contributed by atoms with van der Waals surface area (Å²) in [4.78, 5) is 30.0. The number of nitrogens with zero attached hydrogens (tertiary/aromatic N) is 4. The molecule has 2 aromatic heterocycles. The zero-order valence-electron chi connectivity index (χ0n) is 15.9. The normalized spacial score (nSPS) is 11.0. The lowest BCUT2D eigenvalue weighted by Gasteiger charge is -2.17. The van der Waals surface area contributed by atoms with Crippen molar-refractivity contribution in [2.45, 2.75) is 26.4 Å². The van der Waals surface area contributed by atoms with Crippen molar-refractivity contribution in [3.8, 4) is 0 Å². The van der Waals surface area contributed by atoms with Crippen molar-refractivity contribution in [1.82, 2.24) is 19.7 Å². The summed E-state index contributed by atoms with van der Waals surface area (Å²) in [5, 5.41) is 4.96. The van der Waals surface area contributed by atoms with Crippen LogP contribution in [0.25, 0.3) is 11.0 Å². The van der Waals surface area contributed by atoms with Crippen molar-refractivity contribution >= 4 is 22.9 Å². The van der Waals surface area contributed by atoms with Crippen LogP contribution in [0.2, 0.25) is 0 Å². The molecule has 0 aliphatic carbocycles. The van der Waals surface area contributed by atoms with E-state index >= 15 is 0 Å². The van der Waals surface area contributed by atoms with E-state index in [2.05, 4.69) is 10.1 Å². The predicted octanol–water partition coefficient (Wildman–Crippen LogP) is 2.97. The number of likely N-dealkylation sites (N-methyl/N-ethyl adjacent to an activating group) is 1. The Morgan fingerprint density at radius 2 is 2.00 bits per heavy atom. The van der Waals surface area contributed by atoms with Crippen molar-refractivity contribution in [3.63, 3.8) is 0 Å². The van der Waals surface area contributed by atoms with Crippen molar-refractivity contribution < 1.29 is 18.7 Å². The molecule has 28 heavy (non-hydrogen) atoms. The van der Waals surface area contributed by atoms with Crippen LogP contribution < -0.4 is 0 Å². The highest BCUT2D eigenvalue weighted by molar-refractivity contribution is 5.94. The molecule has 0 saturated heterocycles. The fourth-order valence-corrected chi connectivity index (χ4v) is 2.72. The maximum Gasteiger partial charge on any atom is 0.340 e. The third-order valence-electron chi connectivity index (χ3n) is 4.28. The molecule has 3 aromatic rings. The van der Waals surface area contributed by atoms with Crippen LogP contribution in [0.5, 0.6) is 0 Å². The number of hydrogen-bond donors (Lipinski definition) is 0. The molecule has 0 radical (unpaired) electrons. The van der Waals surface area contributed by atoms with E-state index in [4.69, 9.17) is 4.74 Å². The SMILES string of the molecule is CC(C)n1ncc2cc(C(=O)OCC(=O)N(C)Cc3ccccc3F)cnc21. The molecule has 0 bridgehead atoms. The Morgan fingerprint density at radius 1 is 1.25 bits per heavy atom. The molecule has 0 saturated carbocycles. The topological polar surface area (TPSA) is 77.3 Å². The molecule has 0 aliphatic heterocycles. The van der Waals surface area contributed by atoms with Crippen LogP contribution in [0.15, 0.2) is 42.7 Å². The van der Waals surface area contributed by atoms with E-state index in [-0.39, 0.29) is 24.0 Å².